The van der Waals surface area contributed by atoms with Gasteiger partial charge in [0.1, 0.15) is 5.69 Å². The maximum atomic E-state index is 10.6. The molecule has 1 aromatic rings. The van der Waals surface area contributed by atoms with Gasteiger partial charge in [0.15, 0.2) is 0 Å². The van der Waals surface area contributed by atoms with Crippen molar-refractivity contribution in [3.8, 4) is 0 Å². The average molecular weight is 170 g/mol. The molecule has 56 valence electrons. The van der Waals surface area contributed by atoms with Crippen LogP contribution in [0.1, 0.15) is 10.4 Å². The summed E-state index contributed by atoms with van der Waals surface area (Å²) in [5, 5.41) is 1.97. The van der Waals surface area contributed by atoms with E-state index in [1.807, 2.05) is 0 Å². The van der Waals surface area contributed by atoms with Gasteiger partial charge in [0.05, 0.1) is 5.56 Å². The number of halogens is 1. The molecule has 0 heterocycles. The molecule has 0 amide bonds. The van der Waals surface area contributed by atoms with E-state index in [4.69, 9.17) is 11.6 Å². The summed E-state index contributed by atoms with van der Waals surface area (Å²) in [6.07, 6.45) is 0. The fourth-order valence-corrected chi connectivity index (χ4v) is 0.879. The number of hydrogen-bond acceptors (Lipinski definition) is 3. The Kier molecular flexibility index (Phi) is 2.33. The van der Waals surface area contributed by atoms with E-state index in [1.54, 1.807) is 12.1 Å². The van der Waals surface area contributed by atoms with Crippen molar-refractivity contribution in [2.45, 2.75) is 0 Å². The molecule has 1 aromatic carbocycles. The van der Waals surface area contributed by atoms with Crippen molar-refractivity contribution in [2.75, 3.05) is 0 Å². The lowest BCUT2D eigenvalue weighted by Gasteiger charge is -1.93. The summed E-state index contributed by atoms with van der Waals surface area (Å²) in [6.45, 7) is 0. The molecule has 11 heavy (non-hydrogen) atoms. The van der Waals surface area contributed by atoms with Crippen LogP contribution in [0.15, 0.2) is 29.4 Å². The molecule has 0 spiro atoms. The van der Waals surface area contributed by atoms with E-state index < -0.39 is 5.24 Å². The highest BCUT2D eigenvalue weighted by Crippen LogP contribution is 2.19. The van der Waals surface area contributed by atoms with Crippen LogP contribution in [0.25, 0.3) is 0 Å². The predicted molar refractivity (Wildman–Crippen MR) is 42.1 cm³/mol. The van der Waals surface area contributed by atoms with E-state index in [9.17, 15) is 9.70 Å². The topological polar surface area (TPSA) is 46.5 Å². The quantitative estimate of drug-likeness (QED) is 0.504. The minimum atomic E-state index is -0.666. The standard InChI is InChI=1S/C7H4ClNO2/c8-7(10)5-3-1-2-4-6(5)9-11/h1-4H. The number of nitrogens with zero attached hydrogens (tertiary/aromatic N) is 1. The smallest absolute Gasteiger partial charge is 0.254 e. The molecular weight excluding hydrogens is 166 g/mol. The van der Waals surface area contributed by atoms with Crippen LogP contribution in [0, 0.1) is 4.91 Å². The van der Waals surface area contributed by atoms with Gasteiger partial charge in [-0.05, 0) is 28.9 Å². The first-order valence-corrected chi connectivity index (χ1v) is 3.25. The third kappa shape index (κ3) is 1.62. The molecule has 3 nitrogen and oxygen atoms in total. The summed E-state index contributed by atoms with van der Waals surface area (Å²) in [7, 11) is 0. The number of carbonyl (C=O) groups excluding carboxylic acids is 1. The molecule has 0 aliphatic heterocycles. The molecule has 0 aliphatic rings. The maximum absolute atomic E-state index is 10.6. The summed E-state index contributed by atoms with van der Waals surface area (Å²) in [4.78, 5) is 20.7. The Balaban J connectivity index is 3.22. The van der Waals surface area contributed by atoms with Crippen LogP contribution in [0.5, 0.6) is 0 Å². The van der Waals surface area contributed by atoms with Crippen LogP contribution in [-0.4, -0.2) is 5.24 Å². The van der Waals surface area contributed by atoms with Gasteiger partial charge < -0.3 is 0 Å². The first-order valence-electron chi connectivity index (χ1n) is 2.88. The number of benzene rings is 1. The van der Waals surface area contributed by atoms with E-state index >= 15 is 0 Å². The summed E-state index contributed by atoms with van der Waals surface area (Å²) < 4.78 is 0. The van der Waals surface area contributed by atoms with E-state index in [-0.39, 0.29) is 11.3 Å². The number of rotatable bonds is 2. The Labute approximate surface area is 68.0 Å². The van der Waals surface area contributed by atoms with E-state index in [2.05, 4.69) is 5.18 Å². The average Bonchev–Trinajstić information content (AvgIpc) is 2.04. The fourth-order valence-electron chi connectivity index (χ4n) is 0.719. The molecule has 0 saturated heterocycles. The van der Waals surface area contributed by atoms with Crippen molar-refractivity contribution >= 4 is 22.5 Å². The van der Waals surface area contributed by atoms with Crippen LogP contribution in [0.3, 0.4) is 0 Å². The van der Waals surface area contributed by atoms with Crippen molar-refractivity contribution < 1.29 is 4.79 Å². The van der Waals surface area contributed by atoms with Gasteiger partial charge in [-0.15, -0.1) is 4.91 Å². The van der Waals surface area contributed by atoms with Crippen molar-refractivity contribution in [1.82, 2.24) is 0 Å². The lowest BCUT2D eigenvalue weighted by Crippen LogP contribution is -1.87. The Hall–Kier alpha value is -1.22. The second kappa shape index (κ2) is 3.25. The molecular formula is C7H4ClNO2. The van der Waals surface area contributed by atoms with E-state index in [0.29, 0.717) is 0 Å². The van der Waals surface area contributed by atoms with Crippen LogP contribution in [0.4, 0.5) is 5.69 Å². The van der Waals surface area contributed by atoms with Gasteiger partial charge in [-0.3, -0.25) is 4.79 Å². The highest BCUT2D eigenvalue weighted by Gasteiger charge is 2.06. The van der Waals surface area contributed by atoms with Crippen LogP contribution in [-0.2, 0) is 0 Å². The summed E-state index contributed by atoms with van der Waals surface area (Å²) in [5.41, 5.74) is 0.219. The lowest BCUT2D eigenvalue weighted by molar-refractivity contribution is 0.108. The summed E-state index contributed by atoms with van der Waals surface area (Å²) >= 11 is 5.15. The Morgan fingerprint density at radius 1 is 1.36 bits per heavy atom. The molecule has 1 rings (SSSR count). The number of nitroso groups, excluding NO2 is 1. The molecule has 0 N–H and O–H groups in total. The Bertz CT molecular complexity index is 298. The molecule has 0 bridgehead atoms. The zero-order valence-corrected chi connectivity index (χ0v) is 6.21. The molecule has 0 saturated carbocycles. The number of hydrogen-bond donors (Lipinski definition) is 0. The molecule has 0 radical (unpaired) electrons. The fraction of sp³-hybridized carbons (Fsp3) is 0. The van der Waals surface area contributed by atoms with Gasteiger partial charge in [-0.1, -0.05) is 12.1 Å². The first-order chi connectivity index (χ1) is 5.25. The maximum Gasteiger partial charge on any atom is 0.254 e. The molecule has 0 aliphatic carbocycles. The van der Waals surface area contributed by atoms with Crippen molar-refractivity contribution in [2.24, 2.45) is 5.18 Å². The van der Waals surface area contributed by atoms with Crippen LogP contribution < -0.4 is 0 Å². The third-order valence-corrected chi connectivity index (χ3v) is 1.42. The van der Waals surface area contributed by atoms with Crippen molar-refractivity contribution in [3.63, 3.8) is 0 Å². The predicted octanol–water partition coefficient (Wildman–Crippen LogP) is 2.46. The minimum absolute atomic E-state index is 0.0764. The number of carbonyl (C=O) groups is 1. The van der Waals surface area contributed by atoms with Gasteiger partial charge in [0.2, 0.25) is 0 Å². The van der Waals surface area contributed by atoms with Gasteiger partial charge in [0, 0.05) is 0 Å². The molecule has 4 heteroatoms. The normalized spacial score (nSPS) is 9.18. The van der Waals surface area contributed by atoms with E-state index in [0.717, 1.165) is 0 Å². The lowest BCUT2D eigenvalue weighted by atomic mass is 10.2. The zero-order chi connectivity index (χ0) is 8.27. The molecule has 0 aromatic heterocycles. The monoisotopic (exact) mass is 169 g/mol. The SMILES string of the molecule is O=Nc1ccccc1C(=O)Cl. The largest absolute Gasteiger partial charge is 0.276 e. The zero-order valence-electron chi connectivity index (χ0n) is 5.45. The Morgan fingerprint density at radius 3 is 2.45 bits per heavy atom. The van der Waals surface area contributed by atoms with Gasteiger partial charge in [0.25, 0.3) is 5.24 Å². The highest BCUT2D eigenvalue weighted by atomic mass is 35.5. The summed E-state index contributed by atoms with van der Waals surface area (Å²) in [6, 6.07) is 6.11. The van der Waals surface area contributed by atoms with Crippen molar-refractivity contribution in [3.05, 3.63) is 34.7 Å². The molecule has 0 atom stereocenters. The van der Waals surface area contributed by atoms with Crippen LogP contribution in [0.2, 0.25) is 0 Å². The highest BCUT2D eigenvalue weighted by molar-refractivity contribution is 6.68. The Morgan fingerprint density at radius 2 is 2.00 bits per heavy atom. The van der Waals surface area contributed by atoms with Crippen molar-refractivity contribution in [1.29, 1.82) is 0 Å². The van der Waals surface area contributed by atoms with Crippen LogP contribution >= 0.6 is 11.6 Å². The molecule has 0 unspecified atom stereocenters. The molecule has 0 fully saturated rings. The van der Waals surface area contributed by atoms with Gasteiger partial charge >= 0.3 is 0 Å². The third-order valence-electron chi connectivity index (χ3n) is 1.21. The second-order valence-corrected chi connectivity index (χ2v) is 2.23. The first kappa shape index (κ1) is 7.88. The second-order valence-electron chi connectivity index (χ2n) is 1.88. The summed E-state index contributed by atoms with van der Waals surface area (Å²) in [5.74, 6) is 0. The van der Waals surface area contributed by atoms with Gasteiger partial charge in [-0.2, -0.15) is 0 Å². The minimum Gasteiger partial charge on any atom is -0.276 e. The van der Waals surface area contributed by atoms with E-state index in [1.165, 1.54) is 12.1 Å². The van der Waals surface area contributed by atoms with Gasteiger partial charge in [-0.25, -0.2) is 0 Å².